The van der Waals surface area contributed by atoms with Crippen LogP contribution in [-0.2, 0) is 0 Å². The maximum Gasteiger partial charge on any atom is 0.181 e. The standard InChI is InChI=1S/C10H9ClN4/c1-6-5-8(12)15-10(14-6)9-7(11)3-2-4-13-9/h2-5H,1H3,(H2,12,14,15). The predicted molar refractivity (Wildman–Crippen MR) is 59.4 cm³/mol. The van der Waals surface area contributed by atoms with Gasteiger partial charge in [-0.2, -0.15) is 0 Å². The first-order valence-corrected chi connectivity index (χ1v) is 4.76. The largest absolute Gasteiger partial charge is 0.384 e. The van der Waals surface area contributed by atoms with Gasteiger partial charge in [0, 0.05) is 18.0 Å². The lowest BCUT2D eigenvalue weighted by Gasteiger charge is -2.03. The van der Waals surface area contributed by atoms with Gasteiger partial charge < -0.3 is 5.73 Å². The number of hydrogen-bond donors (Lipinski definition) is 1. The minimum atomic E-state index is 0.416. The molecule has 76 valence electrons. The van der Waals surface area contributed by atoms with Crippen molar-refractivity contribution in [2.75, 3.05) is 5.73 Å². The maximum absolute atomic E-state index is 5.98. The highest BCUT2D eigenvalue weighted by Gasteiger charge is 2.08. The number of nitrogens with zero attached hydrogens (tertiary/aromatic N) is 3. The Labute approximate surface area is 92.2 Å². The van der Waals surface area contributed by atoms with Gasteiger partial charge in [-0.3, -0.25) is 4.98 Å². The normalized spacial score (nSPS) is 10.3. The number of aryl methyl sites for hydroxylation is 1. The molecule has 2 N–H and O–H groups in total. The van der Waals surface area contributed by atoms with E-state index in [2.05, 4.69) is 15.0 Å². The summed E-state index contributed by atoms with van der Waals surface area (Å²) < 4.78 is 0. The molecule has 0 saturated carbocycles. The molecular weight excluding hydrogens is 212 g/mol. The van der Waals surface area contributed by atoms with Crippen molar-refractivity contribution in [2.45, 2.75) is 6.92 Å². The van der Waals surface area contributed by atoms with Crippen LogP contribution in [0, 0.1) is 6.92 Å². The zero-order chi connectivity index (χ0) is 10.8. The molecule has 0 fully saturated rings. The van der Waals surface area contributed by atoms with Gasteiger partial charge in [0.15, 0.2) is 5.82 Å². The second-order valence-electron chi connectivity index (χ2n) is 3.09. The molecule has 0 aliphatic rings. The highest BCUT2D eigenvalue weighted by Crippen LogP contribution is 2.22. The monoisotopic (exact) mass is 220 g/mol. The molecule has 2 aromatic rings. The van der Waals surface area contributed by atoms with Crippen LogP contribution in [0.4, 0.5) is 5.82 Å². The third-order valence-corrected chi connectivity index (χ3v) is 2.15. The van der Waals surface area contributed by atoms with Crippen molar-refractivity contribution < 1.29 is 0 Å². The molecule has 0 unspecified atom stereocenters. The van der Waals surface area contributed by atoms with Gasteiger partial charge in [-0.25, -0.2) is 9.97 Å². The van der Waals surface area contributed by atoms with E-state index in [0.29, 0.717) is 22.4 Å². The Morgan fingerprint density at radius 1 is 1.33 bits per heavy atom. The smallest absolute Gasteiger partial charge is 0.181 e. The zero-order valence-corrected chi connectivity index (χ0v) is 8.86. The number of rotatable bonds is 1. The van der Waals surface area contributed by atoms with E-state index in [1.54, 1.807) is 24.4 Å². The van der Waals surface area contributed by atoms with Crippen LogP contribution >= 0.6 is 11.6 Å². The topological polar surface area (TPSA) is 64.7 Å². The Bertz CT molecular complexity index is 478. The predicted octanol–water partition coefficient (Wildman–Crippen LogP) is 2.08. The molecule has 2 heterocycles. The average Bonchev–Trinajstić information content (AvgIpc) is 2.16. The van der Waals surface area contributed by atoms with E-state index >= 15 is 0 Å². The van der Waals surface area contributed by atoms with Crippen LogP contribution in [0.1, 0.15) is 5.69 Å². The van der Waals surface area contributed by atoms with E-state index in [0.717, 1.165) is 5.69 Å². The number of halogens is 1. The molecule has 0 aromatic carbocycles. The van der Waals surface area contributed by atoms with E-state index in [9.17, 15) is 0 Å². The maximum atomic E-state index is 5.98. The van der Waals surface area contributed by atoms with E-state index in [1.165, 1.54) is 0 Å². The van der Waals surface area contributed by atoms with Gasteiger partial charge in [0.05, 0.1) is 5.02 Å². The highest BCUT2D eigenvalue weighted by molar-refractivity contribution is 6.32. The average molecular weight is 221 g/mol. The fraction of sp³-hybridized carbons (Fsp3) is 0.100. The van der Waals surface area contributed by atoms with Crippen molar-refractivity contribution in [3.05, 3.63) is 35.1 Å². The van der Waals surface area contributed by atoms with Gasteiger partial charge in [0.25, 0.3) is 0 Å². The van der Waals surface area contributed by atoms with Crippen molar-refractivity contribution >= 4 is 17.4 Å². The van der Waals surface area contributed by atoms with Gasteiger partial charge in [-0.15, -0.1) is 0 Å². The van der Waals surface area contributed by atoms with Gasteiger partial charge >= 0.3 is 0 Å². The molecule has 2 aromatic heterocycles. The SMILES string of the molecule is Cc1cc(N)nc(-c2ncccc2Cl)n1. The summed E-state index contributed by atoms with van der Waals surface area (Å²) in [6.45, 7) is 1.85. The minimum absolute atomic E-state index is 0.416. The van der Waals surface area contributed by atoms with Crippen LogP contribution in [0.25, 0.3) is 11.5 Å². The van der Waals surface area contributed by atoms with Crippen molar-refractivity contribution in [1.29, 1.82) is 0 Å². The van der Waals surface area contributed by atoms with Gasteiger partial charge in [0.2, 0.25) is 0 Å². The molecule has 0 amide bonds. The van der Waals surface area contributed by atoms with Crippen LogP contribution in [0.2, 0.25) is 5.02 Å². The molecule has 0 aliphatic carbocycles. The first-order valence-electron chi connectivity index (χ1n) is 4.39. The van der Waals surface area contributed by atoms with Gasteiger partial charge in [0.1, 0.15) is 11.5 Å². The third kappa shape index (κ3) is 2.05. The van der Waals surface area contributed by atoms with Crippen molar-refractivity contribution in [1.82, 2.24) is 15.0 Å². The zero-order valence-electron chi connectivity index (χ0n) is 8.11. The Hall–Kier alpha value is -1.68. The summed E-state index contributed by atoms with van der Waals surface area (Å²) in [5.74, 6) is 0.873. The fourth-order valence-electron chi connectivity index (χ4n) is 1.25. The minimum Gasteiger partial charge on any atom is -0.384 e. The summed E-state index contributed by atoms with van der Waals surface area (Å²) >= 11 is 5.98. The lowest BCUT2D eigenvalue weighted by molar-refractivity contribution is 1.10. The number of pyridine rings is 1. The molecule has 0 aliphatic heterocycles. The molecular formula is C10H9ClN4. The number of aromatic nitrogens is 3. The Kier molecular flexibility index (Phi) is 2.51. The van der Waals surface area contributed by atoms with Gasteiger partial charge in [-0.05, 0) is 19.1 Å². The Morgan fingerprint density at radius 2 is 2.13 bits per heavy atom. The second-order valence-corrected chi connectivity index (χ2v) is 3.50. The number of anilines is 1. The fourth-order valence-corrected chi connectivity index (χ4v) is 1.46. The van der Waals surface area contributed by atoms with E-state index in [1.807, 2.05) is 6.92 Å². The van der Waals surface area contributed by atoms with Crippen LogP contribution in [0.3, 0.4) is 0 Å². The van der Waals surface area contributed by atoms with E-state index < -0.39 is 0 Å². The van der Waals surface area contributed by atoms with Crippen LogP contribution in [0.15, 0.2) is 24.4 Å². The highest BCUT2D eigenvalue weighted by atomic mass is 35.5. The van der Waals surface area contributed by atoms with E-state index in [-0.39, 0.29) is 0 Å². The summed E-state index contributed by atoms with van der Waals surface area (Å²) in [6, 6.07) is 5.19. The molecule has 0 atom stereocenters. The molecule has 5 heteroatoms. The van der Waals surface area contributed by atoms with Crippen LogP contribution in [0.5, 0.6) is 0 Å². The summed E-state index contributed by atoms with van der Waals surface area (Å²) in [4.78, 5) is 12.4. The molecule has 15 heavy (non-hydrogen) atoms. The lowest BCUT2D eigenvalue weighted by atomic mass is 10.3. The van der Waals surface area contributed by atoms with Crippen molar-refractivity contribution in [2.24, 2.45) is 0 Å². The Balaban J connectivity index is 2.59. The third-order valence-electron chi connectivity index (χ3n) is 1.84. The molecule has 4 nitrogen and oxygen atoms in total. The number of nitrogens with two attached hydrogens (primary N) is 1. The molecule has 0 spiro atoms. The van der Waals surface area contributed by atoms with Crippen molar-refractivity contribution in [3.8, 4) is 11.5 Å². The summed E-state index contributed by atoms with van der Waals surface area (Å²) in [5.41, 5.74) is 6.97. The van der Waals surface area contributed by atoms with E-state index in [4.69, 9.17) is 17.3 Å². The van der Waals surface area contributed by atoms with Gasteiger partial charge in [-0.1, -0.05) is 11.6 Å². The summed E-state index contributed by atoms with van der Waals surface area (Å²) in [5, 5.41) is 0.516. The summed E-state index contributed by atoms with van der Waals surface area (Å²) in [6.07, 6.45) is 1.64. The quantitative estimate of drug-likeness (QED) is 0.799. The first kappa shape index (κ1) is 9.86. The molecule has 0 radical (unpaired) electrons. The second kappa shape index (κ2) is 3.82. The first-order chi connectivity index (χ1) is 7.16. The molecule has 0 saturated heterocycles. The van der Waals surface area contributed by atoms with Crippen LogP contribution in [-0.4, -0.2) is 15.0 Å². The lowest BCUT2D eigenvalue weighted by Crippen LogP contribution is -1.99. The summed E-state index contributed by atoms with van der Waals surface area (Å²) in [7, 11) is 0. The Morgan fingerprint density at radius 3 is 2.80 bits per heavy atom. The molecule has 0 bridgehead atoms. The number of hydrogen-bond acceptors (Lipinski definition) is 4. The van der Waals surface area contributed by atoms with Crippen molar-refractivity contribution in [3.63, 3.8) is 0 Å². The van der Waals surface area contributed by atoms with Crippen LogP contribution < -0.4 is 5.73 Å². The number of nitrogen functional groups attached to an aromatic ring is 1. The molecule has 2 rings (SSSR count).